The van der Waals surface area contributed by atoms with Crippen molar-refractivity contribution in [1.82, 2.24) is 25.7 Å². The first-order chi connectivity index (χ1) is 14.4. The first kappa shape index (κ1) is 26.9. The molecule has 2 aromatic rings. The van der Waals surface area contributed by atoms with Crippen LogP contribution >= 0.6 is 24.0 Å². The zero-order valence-electron chi connectivity index (χ0n) is 19.1. The number of guanidine groups is 1. The Kier molecular flexibility index (Phi) is 12.1. The lowest BCUT2D eigenvalue weighted by atomic mass is 10.1. The molecule has 0 unspecified atom stereocenters. The zero-order chi connectivity index (χ0) is 21.9. The van der Waals surface area contributed by atoms with E-state index < -0.39 is 0 Å². The Morgan fingerprint density at radius 2 is 2.00 bits per heavy atom. The number of hydrogen-bond donors (Lipinski definition) is 2. The van der Waals surface area contributed by atoms with E-state index in [2.05, 4.69) is 25.8 Å². The summed E-state index contributed by atoms with van der Waals surface area (Å²) in [6.07, 6.45) is 2.36. The summed E-state index contributed by atoms with van der Waals surface area (Å²) >= 11 is 0. The van der Waals surface area contributed by atoms with E-state index in [1.165, 1.54) is 0 Å². The second-order valence-electron chi connectivity index (χ2n) is 7.64. The molecule has 0 radical (unpaired) electrons. The number of aliphatic imine (C=N–C) groups is 1. The maximum absolute atomic E-state index is 12.1. The van der Waals surface area contributed by atoms with E-state index in [0.29, 0.717) is 18.0 Å². The molecule has 0 spiro atoms. The molecule has 0 aliphatic heterocycles. The molecule has 0 bridgehead atoms. The van der Waals surface area contributed by atoms with Gasteiger partial charge in [0.1, 0.15) is 0 Å². The van der Waals surface area contributed by atoms with Gasteiger partial charge in [0.05, 0.1) is 0 Å². The average Bonchev–Trinajstić information content (AvgIpc) is 3.20. The van der Waals surface area contributed by atoms with Gasteiger partial charge in [0.15, 0.2) is 11.8 Å². The van der Waals surface area contributed by atoms with Gasteiger partial charge in [-0.1, -0.05) is 31.1 Å². The molecule has 1 amide bonds. The van der Waals surface area contributed by atoms with Crippen LogP contribution in [0.25, 0.3) is 0 Å². The summed E-state index contributed by atoms with van der Waals surface area (Å²) in [5, 5.41) is 10.6. The van der Waals surface area contributed by atoms with Crippen molar-refractivity contribution in [2.45, 2.75) is 46.0 Å². The molecule has 2 rings (SSSR count). The van der Waals surface area contributed by atoms with Crippen molar-refractivity contribution in [3.8, 4) is 0 Å². The third kappa shape index (κ3) is 9.24. The zero-order valence-corrected chi connectivity index (χ0v) is 21.5. The Hall–Kier alpha value is -2.17. The summed E-state index contributed by atoms with van der Waals surface area (Å²) in [7, 11) is 3.52. The lowest BCUT2D eigenvalue weighted by Gasteiger charge is -2.13. The topological polar surface area (TPSA) is 95.6 Å². The highest BCUT2D eigenvalue weighted by atomic mass is 127. The Bertz CT molecular complexity index is 835. The van der Waals surface area contributed by atoms with Crippen LogP contribution in [0, 0.1) is 0 Å². The minimum Gasteiger partial charge on any atom is -0.357 e. The molecular formula is C22H35IN6O2. The molecule has 0 saturated carbocycles. The molecule has 0 saturated heterocycles. The Morgan fingerprint density at radius 1 is 1.23 bits per heavy atom. The molecule has 8 nitrogen and oxygen atoms in total. The van der Waals surface area contributed by atoms with E-state index in [9.17, 15) is 4.79 Å². The van der Waals surface area contributed by atoms with Crippen molar-refractivity contribution in [1.29, 1.82) is 0 Å². The van der Waals surface area contributed by atoms with E-state index in [-0.39, 0.29) is 35.8 Å². The van der Waals surface area contributed by atoms with Crippen LogP contribution in [0.15, 0.2) is 33.8 Å². The van der Waals surface area contributed by atoms with Crippen LogP contribution in [-0.2, 0) is 12.8 Å². The largest absolute Gasteiger partial charge is 0.357 e. The molecule has 0 aliphatic rings. The number of carbonyl (C=O) groups excluding carboxylic acids is 1. The van der Waals surface area contributed by atoms with Gasteiger partial charge in [0, 0.05) is 51.6 Å². The lowest BCUT2D eigenvalue weighted by Crippen LogP contribution is -2.38. The highest BCUT2D eigenvalue weighted by Crippen LogP contribution is 2.10. The van der Waals surface area contributed by atoms with E-state index in [4.69, 9.17) is 4.52 Å². The van der Waals surface area contributed by atoms with Gasteiger partial charge in [-0.05, 0) is 37.5 Å². The normalized spacial score (nSPS) is 11.2. The summed E-state index contributed by atoms with van der Waals surface area (Å²) in [6, 6.07) is 7.75. The van der Waals surface area contributed by atoms with Gasteiger partial charge >= 0.3 is 0 Å². The molecule has 0 aliphatic carbocycles. The highest BCUT2D eigenvalue weighted by Gasteiger charge is 2.10. The van der Waals surface area contributed by atoms with Gasteiger partial charge in [-0.2, -0.15) is 4.98 Å². The molecule has 172 valence electrons. The smallest absolute Gasteiger partial charge is 0.253 e. The summed E-state index contributed by atoms with van der Waals surface area (Å²) in [5.74, 6) is 2.48. The Balaban J connectivity index is 0.00000480. The standard InChI is InChI=1S/C22H34N6O2.HI/c1-6-23-22(24-13-8-11-19-26-20(16(2)3)27-30-19)25-14-12-17-9-7-10-18(15-17)21(29)28(4)5;/h7,9-10,15-16H,6,8,11-14H2,1-5H3,(H2,23,24,25);1H. The molecule has 2 N–H and O–H groups in total. The third-order valence-electron chi connectivity index (χ3n) is 4.45. The van der Waals surface area contributed by atoms with Gasteiger partial charge in [-0.3, -0.25) is 9.79 Å². The Morgan fingerprint density at radius 3 is 2.65 bits per heavy atom. The molecule has 31 heavy (non-hydrogen) atoms. The van der Waals surface area contributed by atoms with E-state index >= 15 is 0 Å². The minimum absolute atomic E-state index is 0. The number of nitrogens with zero attached hydrogens (tertiary/aromatic N) is 4. The fraction of sp³-hybridized carbons (Fsp3) is 0.545. The number of rotatable bonds is 10. The van der Waals surface area contributed by atoms with Crippen molar-refractivity contribution in [2.75, 3.05) is 33.7 Å². The summed E-state index contributed by atoms with van der Waals surface area (Å²) < 4.78 is 5.27. The summed E-state index contributed by atoms with van der Waals surface area (Å²) in [5.41, 5.74) is 1.82. The number of nitrogens with one attached hydrogen (secondary N) is 2. The van der Waals surface area contributed by atoms with Crippen LogP contribution in [0.2, 0.25) is 0 Å². The number of benzene rings is 1. The van der Waals surface area contributed by atoms with Crippen molar-refractivity contribution in [3.63, 3.8) is 0 Å². The second-order valence-corrected chi connectivity index (χ2v) is 7.64. The highest BCUT2D eigenvalue weighted by molar-refractivity contribution is 14.0. The van der Waals surface area contributed by atoms with Crippen LogP contribution in [-0.4, -0.2) is 60.6 Å². The van der Waals surface area contributed by atoms with Gasteiger partial charge in [-0.15, -0.1) is 24.0 Å². The number of amides is 1. The van der Waals surface area contributed by atoms with Gasteiger partial charge in [-0.25, -0.2) is 0 Å². The molecule has 9 heteroatoms. The maximum atomic E-state index is 12.1. The number of carbonyl (C=O) groups is 1. The first-order valence-corrected chi connectivity index (χ1v) is 10.6. The number of halogens is 1. The molecule has 1 aromatic heterocycles. The van der Waals surface area contributed by atoms with Crippen LogP contribution in [0.1, 0.15) is 60.7 Å². The van der Waals surface area contributed by atoms with E-state index in [0.717, 1.165) is 49.7 Å². The third-order valence-corrected chi connectivity index (χ3v) is 4.45. The average molecular weight is 542 g/mol. The van der Waals surface area contributed by atoms with Gasteiger partial charge < -0.3 is 20.1 Å². The Labute approximate surface area is 202 Å². The fourth-order valence-corrected chi connectivity index (χ4v) is 2.81. The predicted molar refractivity (Wildman–Crippen MR) is 134 cm³/mol. The lowest BCUT2D eigenvalue weighted by molar-refractivity contribution is 0.0827. The molecule has 0 atom stereocenters. The van der Waals surface area contributed by atoms with Crippen LogP contribution in [0.4, 0.5) is 0 Å². The molecule has 1 aromatic carbocycles. The number of aromatic nitrogens is 2. The van der Waals surface area contributed by atoms with E-state index in [1.807, 2.05) is 45.0 Å². The molecular weight excluding hydrogens is 507 g/mol. The second kappa shape index (κ2) is 14.0. The van der Waals surface area contributed by atoms with Crippen molar-refractivity contribution < 1.29 is 9.32 Å². The van der Waals surface area contributed by atoms with Crippen LogP contribution < -0.4 is 10.6 Å². The fourth-order valence-electron chi connectivity index (χ4n) is 2.81. The van der Waals surface area contributed by atoms with Gasteiger partial charge in [0.2, 0.25) is 5.89 Å². The van der Waals surface area contributed by atoms with Crippen molar-refractivity contribution in [3.05, 3.63) is 47.1 Å². The summed E-state index contributed by atoms with van der Waals surface area (Å²) in [6.45, 7) is 8.32. The predicted octanol–water partition coefficient (Wildman–Crippen LogP) is 3.24. The van der Waals surface area contributed by atoms with Crippen molar-refractivity contribution >= 4 is 35.8 Å². The monoisotopic (exact) mass is 542 g/mol. The maximum Gasteiger partial charge on any atom is 0.253 e. The molecule has 1 heterocycles. The number of hydrogen-bond acceptors (Lipinski definition) is 5. The van der Waals surface area contributed by atoms with Crippen LogP contribution in [0.5, 0.6) is 0 Å². The quantitative estimate of drug-likeness (QED) is 0.207. The molecule has 0 fully saturated rings. The van der Waals surface area contributed by atoms with Crippen LogP contribution in [0.3, 0.4) is 0 Å². The van der Waals surface area contributed by atoms with Crippen molar-refractivity contribution in [2.24, 2.45) is 4.99 Å². The first-order valence-electron chi connectivity index (χ1n) is 10.6. The number of aryl methyl sites for hydroxylation is 1. The summed E-state index contributed by atoms with van der Waals surface area (Å²) in [4.78, 5) is 22.7. The van der Waals surface area contributed by atoms with E-state index in [1.54, 1.807) is 19.0 Å². The minimum atomic E-state index is 0. The SMILES string of the molecule is CCNC(=NCCCc1nc(C(C)C)no1)NCCc1cccc(C(=O)N(C)C)c1.I. The van der Waals surface area contributed by atoms with Gasteiger partial charge in [0.25, 0.3) is 5.91 Å².